The fourth-order valence-electron chi connectivity index (χ4n) is 2.04. The van der Waals surface area contributed by atoms with E-state index in [2.05, 4.69) is 51.7 Å². The van der Waals surface area contributed by atoms with Crippen LogP contribution in [0.5, 0.6) is 0 Å². The molecule has 0 bridgehead atoms. The van der Waals surface area contributed by atoms with Crippen molar-refractivity contribution in [2.45, 2.75) is 26.2 Å². The van der Waals surface area contributed by atoms with Crippen LogP contribution in [-0.2, 0) is 6.42 Å². The Morgan fingerprint density at radius 2 is 1.76 bits per heavy atom. The van der Waals surface area contributed by atoms with Gasteiger partial charge in [-0.05, 0) is 46.2 Å². The normalized spacial score (nSPS) is 11.0. The molecule has 6 heteroatoms. The molecule has 1 heterocycles. The van der Waals surface area contributed by atoms with E-state index in [4.69, 9.17) is 0 Å². The number of hydrogen-bond acceptors (Lipinski definition) is 3. The lowest BCUT2D eigenvalue weighted by Gasteiger charge is -2.13. The van der Waals surface area contributed by atoms with Crippen LogP contribution < -0.4 is 5.32 Å². The molecule has 0 atom stereocenters. The van der Waals surface area contributed by atoms with Crippen LogP contribution in [-0.4, -0.2) is 17.0 Å². The van der Waals surface area contributed by atoms with Gasteiger partial charge in [0.05, 0.1) is 9.26 Å². The maximum Gasteiger partial charge on any atom is 0.143 e. The molecule has 0 spiro atoms. The molecule has 112 valence electrons. The van der Waals surface area contributed by atoms with Gasteiger partial charge < -0.3 is 5.32 Å². The third-order valence-electron chi connectivity index (χ3n) is 2.99. The summed E-state index contributed by atoms with van der Waals surface area (Å²) >= 11 is 2.21. The summed E-state index contributed by atoms with van der Waals surface area (Å²) in [6.45, 7) is 4.10. The molecule has 21 heavy (non-hydrogen) atoms. The van der Waals surface area contributed by atoms with Crippen molar-refractivity contribution in [1.29, 1.82) is 0 Å². The van der Waals surface area contributed by atoms with Crippen LogP contribution in [0.3, 0.4) is 0 Å². The first kappa shape index (κ1) is 16.1. The number of anilines is 1. The Kier molecular flexibility index (Phi) is 5.08. The summed E-state index contributed by atoms with van der Waals surface area (Å²) in [5.41, 5.74) is 1.45. The molecule has 1 aromatic heterocycles. The molecule has 0 unspecified atom stereocenters. The largest absolute Gasteiger partial charge is 0.372 e. The molecule has 2 rings (SSSR count). The minimum atomic E-state index is -0.589. The Morgan fingerprint density at radius 3 is 2.29 bits per heavy atom. The smallest absolute Gasteiger partial charge is 0.143 e. The average Bonchev–Trinajstić information content (AvgIpc) is 2.39. The SMILES string of the molecule is CNc1nc(Cc2cc(F)cc(F)c2)nc(C(C)C)c1I. The lowest BCUT2D eigenvalue weighted by Crippen LogP contribution is -2.09. The number of nitrogens with zero attached hydrogens (tertiary/aromatic N) is 2. The van der Waals surface area contributed by atoms with Gasteiger partial charge in [0.15, 0.2) is 0 Å². The summed E-state index contributed by atoms with van der Waals surface area (Å²) in [6, 6.07) is 3.47. The number of halogens is 3. The predicted octanol–water partition coefficient (Wildman–Crippen LogP) is 4.12. The summed E-state index contributed by atoms with van der Waals surface area (Å²) < 4.78 is 27.5. The number of benzene rings is 1. The van der Waals surface area contributed by atoms with Gasteiger partial charge in [-0.1, -0.05) is 13.8 Å². The van der Waals surface area contributed by atoms with E-state index in [0.717, 1.165) is 21.1 Å². The monoisotopic (exact) mass is 403 g/mol. The minimum absolute atomic E-state index is 0.245. The van der Waals surface area contributed by atoms with Gasteiger partial charge in [-0.25, -0.2) is 18.7 Å². The molecule has 0 saturated heterocycles. The zero-order valence-corrected chi connectivity index (χ0v) is 14.2. The van der Waals surface area contributed by atoms with Gasteiger partial charge in [0.25, 0.3) is 0 Å². The Morgan fingerprint density at radius 1 is 1.14 bits per heavy atom. The molecule has 0 saturated carbocycles. The Labute approximate surface area is 136 Å². The van der Waals surface area contributed by atoms with E-state index >= 15 is 0 Å². The lowest BCUT2D eigenvalue weighted by atomic mass is 10.1. The van der Waals surface area contributed by atoms with Gasteiger partial charge in [0, 0.05) is 19.5 Å². The van der Waals surface area contributed by atoms with Crippen molar-refractivity contribution in [3.8, 4) is 0 Å². The van der Waals surface area contributed by atoms with E-state index in [1.807, 2.05) is 0 Å². The van der Waals surface area contributed by atoms with E-state index in [1.165, 1.54) is 12.1 Å². The summed E-state index contributed by atoms with van der Waals surface area (Å²) in [5.74, 6) is 0.353. The minimum Gasteiger partial charge on any atom is -0.372 e. The summed E-state index contributed by atoms with van der Waals surface area (Å²) in [7, 11) is 1.79. The van der Waals surface area contributed by atoms with E-state index in [0.29, 0.717) is 17.8 Å². The van der Waals surface area contributed by atoms with Gasteiger partial charge in [-0.15, -0.1) is 0 Å². The van der Waals surface area contributed by atoms with Crippen LogP contribution in [0.25, 0.3) is 0 Å². The van der Waals surface area contributed by atoms with Crippen LogP contribution >= 0.6 is 22.6 Å². The molecule has 3 nitrogen and oxygen atoms in total. The van der Waals surface area contributed by atoms with Crippen molar-refractivity contribution < 1.29 is 8.78 Å². The van der Waals surface area contributed by atoms with Gasteiger partial charge >= 0.3 is 0 Å². The van der Waals surface area contributed by atoms with E-state index < -0.39 is 11.6 Å². The van der Waals surface area contributed by atoms with Crippen LogP contribution in [0.2, 0.25) is 0 Å². The third-order valence-corrected chi connectivity index (χ3v) is 4.05. The highest BCUT2D eigenvalue weighted by atomic mass is 127. The third kappa shape index (κ3) is 3.87. The molecular formula is C15H16F2IN3. The van der Waals surface area contributed by atoms with Crippen LogP contribution in [0.15, 0.2) is 18.2 Å². The van der Waals surface area contributed by atoms with E-state index in [9.17, 15) is 8.78 Å². The number of aromatic nitrogens is 2. The molecule has 0 fully saturated rings. The molecule has 0 aliphatic carbocycles. The fourth-order valence-corrected chi connectivity index (χ4v) is 3.17. The molecule has 1 aromatic carbocycles. The summed E-state index contributed by atoms with van der Waals surface area (Å²) in [5, 5.41) is 3.03. The van der Waals surface area contributed by atoms with Crippen molar-refractivity contribution in [2.75, 3.05) is 12.4 Å². The highest BCUT2D eigenvalue weighted by Gasteiger charge is 2.14. The average molecular weight is 403 g/mol. The standard InChI is InChI=1S/C15H16F2IN3/c1-8(2)14-13(18)15(19-3)21-12(20-14)6-9-4-10(16)7-11(17)5-9/h4-5,7-8H,6H2,1-3H3,(H,19,20,21). The molecular weight excluding hydrogens is 387 g/mol. The molecule has 2 aromatic rings. The molecule has 0 aliphatic heterocycles. The first-order valence-electron chi connectivity index (χ1n) is 6.59. The van der Waals surface area contributed by atoms with Gasteiger partial charge in [-0.3, -0.25) is 0 Å². The van der Waals surface area contributed by atoms with Crippen LogP contribution in [0.1, 0.15) is 36.8 Å². The van der Waals surface area contributed by atoms with Gasteiger partial charge in [-0.2, -0.15) is 0 Å². The second kappa shape index (κ2) is 6.64. The maximum absolute atomic E-state index is 13.3. The first-order chi connectivity index (χ1) is 9.90. The number of nitrogens with one attached hydrogen (secondary N) is 1. The predicted molar refractivity (Wildman–Crippen MR) is 87.5 cm³/mol. The lowest BCUT2D eigenvalue weighted by molar-refractivity contribution is 0.580. The van der Waals surface area contributed by atoms with E-state index in [-0.39, 0.29) is 5.92 Å². The Balaban J connectivity index is 2.42. The van der Waals surface area contributed by atoms with Crippen molar-refractivity contribution in [2.24, 2.45) is 0 Å². The molecule has 0 radical (unpaired) electrons. The molecule has 0 aliphatic rings. The van der Waals surface area contributed by atoms with Gasteiger partial charge in [0.1, 0.15) is 23.3 Å². The number of hydrogen-bond donors (Lipinski definition) is 1. The highest BCUT2D eigenvalue weighted by Crippen LogP contribution is 2.25. The highest BCUT2D eigenvalue weighted by molar-refractivity contribution is 14.1. The zero-order chi connectivity index (χ0) is 15.6. The van der Waals surface area contributed by atoms with Crippen molar-refractivity contribution in [3.63, 3.8) is 0 Å². The first-order valence-corrected chi connectivity index (χ1v) is 7.67. The van der Waals surface area contributed by atoms with Gasteiger partial charge in [0.2, 0.25) is 0 Å². The molecule has 0 amide bonds. The summed E-state index contributed by atoms with van der Waals surface area (Å²) in [4.78, 5) is 8.95. The summed E-state index contributed by atoms with van der Waals surface area (Å²) in [6.07, 6.45) is 0.292. The van der Waals surface area contributed by atoms with E-state index in [1.54, 1.807) is 7.05 Å². The zero-order valence-electron chi connectivity index (χ0n) is 12.0. The fraction of sp³-hybridized carbons (Fsp3) is 0.333. The van der Waals surface area contributed by atoms with Crippen molar-refractivity contribution in [1.82, 2.24) is 9.97 Å². The second-order valence-corrected chi connectivity index (χ2v) is 6.13. The quantitative estimate of drug-likeness (QED) is 0.781. The van der Waals surface area contributed by atoms with Crippen molar-refractivity contribution in [3.05, 3.63) is 50.5 Å². The Bertz CT molecular complexity index is 639. The van der Waals surface area contributed by atoms with Crippen molar-refractivity contribution >= 4 is 28.4 Å². The van der Waals surface area contributed by atoms with Crippen LogP contribution in [0, 0.1) is 15.2 Å². The second-order valence-electron chi connectivity index (χ2n) is 5.05. The topological polar surface area (TPSA) is 37.8 Å². The van der Waals surface area contributed by atoms with Crippen LogP contribution in [0.4, 0.5) is 14.6 Å². The molecule has 1 N–H and O–H groups in total. The maximum atomic E-state index is 13.3. The Hall–Kier alpha value is -1.31. The number of rotatable bonds is 4.